The zero-order valence-corrected chi connectivity index (χ0v) is 18.0. The van der Waals surface area contributed by atoms with E-state index in [-0.39, 0.29) is 35.3 Å². The van der Waals surface area contributed by atoms with Crippen molar-refractivity contribution in [3.63, 3.8) is 0 Å². The second-order valence-corrected chi connectivity index (χ2v) is 7.87. The van der Waals surface area contributed by atoms with Crippen LogP contribution in [0.25, 0.3) is 11.1 Å². The highest BCUT2D eigenvalue weighted by molar-refractivity contribution is 5.84. The van der Waals surface area contributed by atoms with Crippen LogP contribution in [-0.2, 0) is 12.5 Å². The number of halogens is 3. The lowest BCUT2D eigenvalue weighted by Gasteiger charge is -2.16. The molecule has 1 aliphatic heterocycles. The Bertz CT molecular complexity index is 1270. The number of alkyl halides is 2. The highest BCUT2D eigenvalue weighted by Gasteiger charge is 2.37. The van der Waals surface area contributed by atoms with E-state index in [4.69, 9.17) is 4.42 Å². The number of benzene rings is 1. The van der Waals surface area contributed by atoms with Crippen LogP contribution in [0.15, 0.2) is 59.3 Å². The van der Waals surface area contributed by atoms with E-state index in [1.165, 1.54) is 30.6 Å². The van der Waals surface area contributed by atoms with Gasteiger partial charge in [0.15, 0.2) is 16.9 Å². The van der Waals surface area contributed by atoms with Gasteiger partial charge in [-0.3, -0.25) is 4.98 Å². The highest BCUT2D eigenvalue weighted by atomic mass is 19.3. The minimum Gasteiger partial charge on any atom is -0.435 e. The van der Waals surface area contributed by atoms with Crippen molar-refractivity contribution in [2.75, 3.05) is 29.0 Å². The maximum absolute atomic E-state index is 14.8. The lowest BCUT2D eigenvalue weighted by molar-refractivity contribution is -0.0280. The predicted molar refractivity (Wildman–Crippen MR) is 122 cm³/mol. The first-order valence-corrected chi connectivity index (χ1v) is 10.8. The molecule has 5 rings (SSSR count). The summed E-state index contributed by atoms with van der Waals surface area (Å²) in [7, 11) is 0. The summed E-state index contributed by atoms with van der Waals surface area (Å²) in [6.45, 7) is -0.251. The average molecular weight is 469 g/mol. The number of aromatic nitrogens is 3. The maximum atomic E-state index is 14.8. The molecule has 0 saturated carbocycles. The lowest BCUT2D eigenvalue weighted by atomic mass is 10.3. The Kier molecular flexibility index (Phi) is 5.93. The number of oxazole rings is 1. The van der Waals surface area contributed by atoms with Crippen LogP contribution < -0.4 is 21.3 Å². The molecule has 1 aliphatic rings. The minimum absolute atomic E-state index is 0.0199. The number of anilines is 3. The van der Waals surface area contributed by atoms with Gasteiger partial charge >= 0.3 is 5.92 Å². The Morgan fingerprint density at radius 2 is 1.79 bits per heavy atom. The number of nitrogens with one attached hydrogen (secondary N) is 4. The van der Waals surface area contributed by atoms with E-state index in [0.29, 0.717) is 13.0 Å². The van der Waals surface area contributed by atoms with E-state index in [2.05, 4.69) is 36.2 Å². The SMILES string of the molecule is Fc1cccnc1CNc1nccc2oc(C(F)(F)CNCCC3Nc4ccccc4N3)nc12. The summed E-state index contributed by atoms with van der Waals surface area (Å²) in [6, 6.07) is 12.0. The molecule has 176 valence electrons. The second kappa shape index (κ2) is 9.18. The normalized spacial score (nSPS) is 13.5. The average Bonchev–Trinajstić information content (AvgIpc) is 3.46. The van der Waals surface area contributed by atoms with E-state index < -0.39 is 24.2 Å². The van der Waals surface area contributed by atoms with Crippen molar-refractivity contribution in [1.29, 1.82) is 0 Å². The molecule has 0 saturated heterocycles. The van der Waals surface area contributed by atoms with Gasteiger partial charge in [0.25, 0.3) is 5.89 Å². The molecule has 8 nitrogen and oxygen atoms in total. The Hall–Kier alpha value is -3.86. The molecule has 0 spiro atoms. The van der Waals surface area contributed by atoms with Crippen molar-refractivity contribution in [3.8, 4) is 0 Å². The van der Waals surface area contributed by atoms with Crippen LogP contribution in [0.4, 0.5) is 30.4 Å². The molecule has 0 bridgehead atoms. The Balaban J connectivity index is 1.19. The van der Waals surface area contributed by atoms with Gasteiger partial charge in [0, 0.05) is 18.5 Å². The molecule has 4 heterocycles. The van der Waals surface area contributed by atoms with Gasteiger partial charge in [-0.25, -0.2) is 14.4 Å². The van der Waals surface area contributed by atoms with Crippen LogP contribution in [0.5, 0.6) is 0 Å². The number of hydrogen-bond donors (Lipinski definition) is 4. The van der Waals surface area contributed by atoms with Crippen molar-refractivity contribution in [2.45, 2.75) is 25.1 Å². The van der Waals surface area contributed by atoms with Crippen molar-refractivity contribution >= 4 is 28.3 Å². The topological polar surface area (TPSA) is 99.9 Å². The summed E-state index contributed by atoms with van der Waals surface area (Å²) >= 11 is 0. The third kappa shape index (κ3) is 4.60. The van der Waals surface area contributed by atoms with Gasteiger partial charge in [-0.1, -0.05) is 12.1 Å². The smallest absolute Gasteiger partial charge is 0.334 e. The van der Waals surface area contributed by atoms with Gasteiger partial charge < -0.3 is 25.7 Å². The van der Waals surface area contributed by atoms with Crippen LogP contribution in [0.3, 0.4) is 0 Å². The molecular weight excluding hydrogens is 447 g/mol. The molecule has 11 heteroatoms. The Morgan fingerprint density at radius 1 is 1.00 bits per heavy atom. The van der Waals surface area contributed by atoms with Crippen LogP contribution >= 0.6 is 0 Å². The molecule has 3 aromatic heterocycles. The molecule has 0 fully saturated rings. The fourth-order valence-corrected chi connectivity index (χ4v) is 3.71. The minimum atomic E-state index is -3.33. The standard InChI is InChI=1S/C23H22F3N7O/c24-14-4-3-9-28-17(14)12-30-21-20-18(7-11-29-21)34-22(33-20)23(25,26)13-27-10-8-19-31-15-5-1-2-6-16(15)32-19/h1-7,9,11,19,27,31-32H,8,10,12-13H2,(H,29,30). The van der Waals surface area contributed by atoms with Crippen LogP contribution in [0.1, 0.15) is 18.0 Å². The quantitative estimate of drug-likeness (QED) is 0.269. The number of hydrogen-bond acceptors (Lipinski definition) is 8. The van der Waals surface area contributed by atoms with E-state index in [0.717, 1.165) is 11.4 Å². The van der Waals surface area contributed by atoms with Gasteiger partial charge in [0.1, 0.15) is 5.82 Å². The molecule has 0 atom stereocenters. The number of pyridine rings is 2. The summed E-state index contributed by atoms with van der Waals surface area (Å²) in [5.74, 6) is -4.31. The van der Waals surface area contributed by atoms with Gasteiger partial charge in [-0.2, -0.15) is 8.78 Å². The highest BCUT2D eigenvalue weighted by Crippen LogP contribution is 2.32. The van der Waals surface area contributed by atoms with Crippen LogP contribution in [-0.4, -0.2) is 34.2 Å². The van der Waals surface area contributed by atoms with Gasteiger partial charge in [0.05, 0.1) is 36.3 Å². The van der Waals surface area contributed by atoms with Crippen molar-refractivity contribution < 1.29 is 17.6 Å². The van der Waals surface area contributed by atoms with Gasteiger partial charge in [-0.15, -0.1) is 0 Å². The number of rotatable bonds is 9. The summed E-state index contributed by atoms with van der Waals surface area (Å²) in [5, 5.41) is 12.3. The van der Waals surface area contributed by atoms with E-state index in [9.17, 15) is 13.2 Å². The zero-order chi connectivity index (χ0) is 23.5. The third-order valence-corrected chi connectivity index (χ3v) is 5.42. The van der Waals surface area contributed by atoms with Crippen molar-refractivity contribution in [3.05, 3.63) is 72.3 Å². The Labute approximate surface area is 193 Å². The first kappa shape index (κ1) is 22.0. The molecule has 4 N–H and O–H groups in total. The molecule has 0 unspecified atom stereocenters. The number of para-hydroxylation sites is 2. The molecule has 0 amide bonds. The number of fused-ring (bicyclic) bond motifs is 2. The van der Waals surface area contributed by atoms with E-state index in [1.807, 2.05) is 24.3 Å². The van der Waals surface area contributed by atoms with Crippen molar-refractivity contribution in [2.24, 2.45) is 0 Å². The third-order valence-electron chi connectivity index (χ3n) is 5.42. The lowest BCUT2D eigenvalue weighted by Crippen LogP contribution is -2.34. The first-order valence-electron chi connectivity index (χ1n) is 10.8. The number of nitrogens with zero attached hydrogens (tertiary/aromatic N) is 3. The monoisotopic (exact) mass is 469 g/mol. The van der Waals surface area contributed by atoms with E-state index in [1.54, 1.807) is 0 Å². The molecule has 34 heavy (non-hydrogen) atoms. The van der Waals surface area contributed by atoms with Gasteiger partial charge in [0.2, 0.25) is 0 Å². The summed E-state index contributed by atoms with van der Waals surface area (Å²) in [6.07, 6.45) is 3.43. The summed E-state index contributed by atoms with van der Waals surface area (Å²) in [4.78, 5) is 12.1. The fourth-order valence-electron chi connectivity index (χ4n) is 3.71. The largest absolute Gasteiger partial charge is 0.435 e. The summed E-state index contributed by atoms with van der Waals surface area (Å²) in [5.41, 5.74) is 2.46. The molecular formula is C23H22F3N7O. The van der Waals surface area contributed by atoms with E-state index >= 15 is 0 Å². The molecule has 1 aromatic carbocycles. The van der Waals surface area contributed by atoms with Crippen molar-refractivity contribution in [1.82, 2.24) is 20.3 Å². The van der Waals surface area contributed by atoms with Crippen LogP contribution in [0, 0.1) is 5.82 Å². The summed E-state index contributed by atoms with van der Waals surface area (Å²) < 4.78 is 48.7. The maximum Gasteiger partial charge on any atom is 0.334 e. The zero-order valence-electron chi connectivity index (χ0n) is 18.0. The molecule has 4 aromatic rings. The molecule has 0 aliphatic carbocycles. The predicted octanol–water partition coefficient (Wildman–Crippen LogP) is 4.30. The fraction of sp³-hybridized carbons (Fsp3) is 0.261. The Morgan fingerprint density at radius 3 is 2.56 bits per heavy atom. The molecule has 0 radical (unpaired) electrons. The van der Waals surface area contributed by atoms with Gasteiger partial charge in [-0.05, 0) is 37.2 Å². The first-order chi connectivity index (χ1) is 16.5. The van der Waals surface area contributed by atoms with Crippen LogP contribution in [0.2, 0.25) is 0 Å². The second-order valence-electron chi connectivity index (χ2n) is 7.87.